The van der Waals surface area contributed by atoms with Crippen molar-refractivity contribution in [1.29, 1.82) is 0 Å². The Bertz CT molecular complexity index is 799. The first kappa shape index (κ1) is 12.7. The Kier molecular flexibility index (Phi) is 3.08. The molecule has 1 aliphatic rings. The van der Waals surface area contributed by atoms with Crippen LogP contribution in [0.2, 0.25) is 0 Å². The number of pyridine rings is 1. The lowest BCUT2D eigenvalue weighted by atomic mass is 9.80. The Hall–Kier alpha value is -2.00. The lowest BCUT2D eigenvalue weighted by Gasteiger charge is -2.25. The van der Waals surface area contributed by atoms with Crippen LogP contribution in [0, 0.1) is 0 Å². The topological polar surface area (TPSA) is 30.0 Å². The van der Waals surface area contributed by atoms with Gasteiger partial charge in [-0.2, -0.15) is 0 Å². The first-order valence-corrected chi connectivity index (χ1v) is 8.17. The highest BCUT2D eigenvalue weighted by molar-refractivity contribution is 7.17. The fourth-order valence-electron chi connectivity index (χ4n) is 2.79. The van der Waals surface area contributed by atoms with Gasteiger partial charge in [-0.1, -0.05) is 30.7 Å². The molecule has 2 aromatic heterocycles. The minimum Gasteiger partial charge on any atom is -0.289 e. The second kappa shape index (κ2) is 5.08. The smallest absolute Gasteiger partial charge is 0.194 e. The third-order valence-electron chi connectivity index (χ3n) is 4.31. The van der Waals surface area contributed by atoms with E-state index in [1.807, 2.05) is 29.6 Å². The lowest BCUT2D eigenvalue weighted by molar-refractivity contribution is 0.103. The van der Waals surface area contributed by atoms with Crippen LogP contribution in [0.3, 0.4) is 0 Å². The number of ketones is 1. The van der Waals surface area contributed by atoms with E-state index in [9.17, 15) is 4.79 Å². The average molecular weight is 293 g/mol. The van der Waals surface area contributed by atoms with Gasteiger partial charge in [0.2, 0.25) is 0 Å². The summed E-state index contributed by atoms with van der Waals surface area (Å²) < 4.78 is 1.06. The van der Waals surface area contributed by atoms with Crippen molar-refractivity contribution in [2.24, 2.45) is 0 Å². The molecular weight excluding hydrogens is 278 g/mol. The molecule has 2 nitrogen and oxygen atoms in total. The molecule has 4 rings (SSSR count). The van der Waals surface area contributed by atoms with Crippen LogP contribution in [0.5, 0.6) is 0 Å². The van der Waals surface area contributed by atoms with Crippen molar-refractivity contribution in [1.82, 2.24) is 4.98 Å². The number of rotatable bonds is 3. The number of hydrogen-bond donors (Lipinski definition) is 0. The summed E-state index contributed by atoms with van der Waals surface area (Å²) in [4.78, 5) is 16.9. The van der Waals surface area contributed by atoms with Gasteiger partial charge in [0.15, 0.2) is 5.78 Å². The van der Waals surface area contributed by atoms with Crippen LogP contribution in [-0.2, 0) is 0 Å². The largest absolute Gasteiger partial charge is 0.289 e. The average Bonchev–Trinajstić information content (AvgIpc) is 2.93. The molecule has 104 valence electrons. The predicted octanol–water partition coefficient (Wildman–Crippen LogP) is 4.79. The number of benzene rings is 1. The second-order valence-electron chi connectivity index (χ2n) is 5.61. The van der Waals surface area contributed by atoms with Gasteiger partial charge in [0.25, 0.3) is 0 Å². The number of carbonyl (C=O) groups excluding carboxylic acids is 1. The zero-order chi connectivity index (χ0) is 14.2. The molecule has 2 heterocycles. The Morgan fingerprint density at radius 2 is 1.90 bits per heavy atom. The standard InChI is InChI=1S/C18H15NOS/c20-18(15-10-17-16(19-11-15)8-9-21-17)14-6-4-13(5-7-14)12-2-1-3-12/h4-12H,1-3H2. The van der Waals surface area contributed by atoms with Gasteiger partial charge in [-0.05, 0) is 41.8 Å². The van der Waals surface area contributed by atoms with Crippen molar-refractivity contribution in [2.45, 2.75) is 25.2 Å². The van der Waals surface area contributed by atoms with Crippen LogP contribution >= 0.6 is 11.3 Å². The van der Waals surface area contributed by atoms with Crippen molar-refractivity contribution < 1.29 is 4.79 Å². The Morgan fingerprint density at radius 1 is 1.10 bits per heavy atom. The number of hydrogen-bond acceptors (Lipinski definition) is 3. The maximum atomic E-state index is 12.5. The van der Waals surface area contributed by atoms with E-state index in [0.717, 1.165) is 15.8 Å². The highest BCUT2D eigenvalue weighted by atomic mass is 32.1. The molecule has 1 fully saturated rings. The van der Waals surface area contributed by atoms with Crippen LogP contribution < -0.4 is 0 Å². The molecule has 0 bridgehead atoms. The number of fused-ring (bicyclic) bond motifs is 1. The molecule has 0 atom stereocenters. The summed E-state index contributed by atoms with van der Waals surface area (Å²) in [5.74, 6) is 0.760. The molecule has 3 aromatic rings. The second-order valence-corrected chi connectivity index (χ2v) is 6.55. The van der Waals surface area contributed by atoms with Gasteiger partial charge in [0.05, 0.1) is 10.2 Å². The van der Waals surface area contributed by atoms with Gasteiger partial charge in [-0.15, -0.1) is 11.3 Å². The third-order valence-corrected chi connectivity index (χ3v) is 5.17. The molecule has 21 heavy (non-hydrogen) atoms. The fraction of sp³-hybridized carbons (Fsp3) is 0.222. The van der Waals surface area contributed by atoms with Gasteiger partial charge in [-0.3, -0.25) is 9.78 Å². The summed E-state index contributed by atoms with van der Waals surface area (Å²) >= 11 is 1.62. The highest BCUT2D eigenvalue weighted by Crippen LogP contribution is 2.36. The van der Waals surface area contributed by atoms with E-state index in [1.54, 1.807) is 17.5 Å². The van der Waals surface area contributed by atoms with Crippen LogP contribution in [0.1, 0.15) is 46.7 Å². The molecule has 0 amide bonds. The van der Waals surface area contributed by atoms with Crippen molar-refractivity contribution in [3.63, 3.8) is 0 Å². The number of carbonyl (C=O) groups is 1. The van der Waals surface area contributed by atoms with Crippen LogP contribution in [0.25, 0.3) is 10.2 Å². The molecule has 1 saturated carbocycles. The fourth-order valence-corrected chi connectivity index (χ4v) is 3.57. The first-order chi connectivity index (χ1) is 10.3. The van der Waals surface area contributed by atoms with Crippen molar-refractivity contribution >= 4 is 27.3 Å². The molecule has 0 N–H and O–H groups in total. The van der Waals surface area contributed by atoms with E-state index in [-0.39, 0.29) is 5.78 Å². The molecule has 0 unspecified atom stereocenters. The predicted molar refractivity (Wildman–Crippen MR) is 86.1 cm³/mol. The van der Waals surface area contributed by atoms with Crippen molar-refractivity contribution in [3.05, 3.63) is 64.7 Å². The summed E-state index contributed by atoms with van der Waals surface area (Å²) in [6.45, 7) is 0. The summed E-state index contributed by atoms with van der Waals surface area (Å²) in [5.41, 5.74) is 3.73. The molecule has 0 aliphatic heterocycles. The Balaban J connectivity index is 1.63. The maximum absolute atomic E-state index is 12.5. The third kappa shape index (κ3) is 2.28. The Morgan fingerprint density at radius 3 is 2.62 bits per heavy atom. The summed E-state index contributed by atoms with van der Waals surface area (Å²) in [6, 6.07) is 12.0. The van der Waals surface area contributed by atoms with Gasteiger partial charge >= 0.3 is 0 Å². The molecule has 1 aromatic carbocycles. The van der Waals surface area contributed by atoms with E-state index in [2.05, 4.69) is 17.1 Å². The minimum absolute atomic E-state index is 0.0537. The van der Waals surface area contributed by atoms with E-state index in [1.165, 1.54) is 24.8 Å². The number of nitrogens with zero attached hydrogens (tertiary/aromatic N) is 1. The first-order valence-electron chi connectivity index (χ1n) is 7.29. The number of thiophene rings is 1. The van der Waals surface area contributed by atoms with E-state index >= 15 is 0 Å². The van der Waals surface area contributed by atoms with Crippen LogP contribution in [-0.4, -0.2) is 10.8 Å². The normalized spacial score (nSPS) is 15.0. The minimum atomic E-state index is 0.0537. The Labute approximate surface area is 127 Å². The van der Waals surface area contributed by atoms with Gasteiger partial charge in [0, 0.05) is 17.3 Å². The highest BCUT2D eigenvalue weighted by Gasteiger charge is 2.19. The van der Waals surface area contributed by atoms with E-state index in [0.29, 0.717) is 11.5 Å². The van der Waals surface area contributed by atoms with Crippen molar-refractivity contribution in [2.75, 3.05) is 0 Å². The van der Waals surface area contributed by atoms with Crippen LogP contribution in [0.4, 0.5) is 0 Å². The quantitative estimate of drug-likeness (QED) is 0.650. The molecule has 0 spiro atoms. The summed E-state index contributed by atoms with van der Waals surface area (Å²) in [5, 5.41) is 2.00. The van der Waals surface area contributed by atoms with Crippen molar-refractivity contribution in [3.8, 4) is 0 Å². The zero-order valence-electron chi connectivity index (χ0n) is 11.6. The van der Waals surface area contributed by atoms with Gasteiger partial charge in [-0.25, -0.2) is 0 Å². The molecule has 0 radical (unpaired) electrons. The monoisotopic (exact) mass is 293 g/mol. The van der Waals surface area contributed by atoms with E-state index < -0.39 is 0 Å². The molecule has 1 aliphatic carbocycles. The zero-order valence-corrected chi connectivity index (χ0v) is 12.4. The van der Waals surface area contributed by atoms with Crippen LogP contribution in [0.15, 0.2) is 48.0 Å². The van der Waals surface area contributed by atoms with Gasteiger partial charge in [0.1, 0.15) is 0 Å². The SMILES string of the molecule is O=C(c1ccc(C2CCC2)cc1)c1cnc2ccsc2c1. The lowest BCUT2D eigenvalue weighted by Crippen LogP contribution is -2.09. The van der Waals surface area contributed by atoms with Gasteiger partial charge < -0.3 is 0 Å². The summed E-state index contributed by atoms with van der Waals surface area (Å²) in [7, 11) is 0. The number of aromatic nitrogens is 1. The summed E-state index contributed by atoms with van der Waals surface area (Å²) in [6.07, 6.45) is 5.58. The van der Waals surface area contributed by atoms with E-state index in [4.69, 9.17) is 0 Å². The molecule has 3 heteroatoms. The molecular formula is C18H15NOS. The molecule has 0 saturated heterocycles. The maximum Gasteiger partial charge on any atom is 0.194 e.